The van der Waals surface area contributed by atoms with Crippen LogP contribution >= 0.6 is 11.3 Å². The van der Waals surface area contributed by atoms with Gasteiger partial charge in [0.15, 0.2) is 0 Å². The van der Waals surface area contributed by atoms with Gasteiger partial charge >= 0.3 is 0 Å². The summed E-state index contributed by atoms with van der Waals surface area (Å²) in [6.45, 7) is 11.4. The van der Waals surface area contributed by atoms with E-state index in [9.17, 15) is 0 Å². The van der Waals surface area contributed by atoms with E-state index < -0.39 is 0 Å². The number of nitrogens with zero attached hydrogens (tertiary/aromatic N) is 4. The minimum atomic E-state index is 0.427. The van der Waals surface area contributed by atoms with Crippen molar-refractivity contribution in [2.75, 3.05) is 26.2 Å². The average Bonchev–Trinajstić information content (AvgIpc) is 3.17. The minimum Gasteiger partial charge on any atom is -0.298 e. The fourth-order valence-electron chi connectivity index (χ4n) is 4.12. The Labute approximate surface area is 165 Å². The number of benzene rings is 1. The van der Waals surface area contributed by atoms with Crippen LogP contribution in [0.2, 0.25) is 0 Å². The van der Waals surface area contributed by atoms with Crippen molar-refractivity contribution < 1.29 is 0 Å². The molecule has 1 aromatic carbocycles. The topological polar surface area (TPSA) is 32.3 Å². The van der Waals surface area contributed by atoms with Gasteiger partial charge < -0.3 is 0 Å². The molecule has 5 heteroatoms. The van der Waals surface area contributed by atoms with Gasteiger partial charge in [0.05, 0.1) is 15.7 Å². The van der Waals surface area contributed by atoms with Crippen molar-refractivity contribution in [3.05, 3.63) is 59.4 Å². The van der Waals surface area contributed by atoms with Crippen LogP contribution in [0.15, 0.2) is 48.2 Å². The number of thiazole rings is 1. The molecule has 3 aromatic rings. The van der Waals surface area contributed by atoms with Crippen LogP contribution in [0.5, 0.6) is 0 Å². The maximum atomic E-state index is 4.48. The predicted octanol–water partition coefficient (Wildman–Crippen LogP) is 4.56. The first-order valence-electron chi connectivity index (χ1n) is 9.83. The van der Waals surface area contributed by atoms with E-state index in [0.29, 0.717) is 18.0 Å². The van der Waals surface area contributed by atoms with Gasteiger partial charge in [0.25, 0.3) is 0 Å². The smallest absolute Gasteiger partial charge is 0.0815 e. The molecular weight excluding hydrogens is 352 g/mol. The third kappa shape index (κ3) is 4.05. The summed E-state index contributed by atoms with van der Waals surface area (Å²) in [5, 5.41) is 0. The van der Waals surface area contributed by atoms with Gasteiger partial charge in [-0.05, 0) is 49.1 Å². The first-order valence-corrected chi connectivity index (χ1v) is 10.7. The van der Waals surface area contributed by atoms with Crippen molar-refractivity contribution in [2.24, 2.45) is 0 Å². The molecule has 0 N–H and O–H groups in total. The summed E-state index contributed by atoms with van der Waals surface area (Å²) in [6.07, 6.45) is 3.85. The van der Waals surface area contributed by atoms with Crippen molar-refractivity contribution in [3.8, 4) is 0 Å². The lowest BCUT2D eigenvalue weighted by atomic mass is 10.00. The Morgan fingerprint density at radius 2 is 2.07 bits per heavy atom. The van der Waals surface area contributed by atoms with Gasteiger partial charge in [-0.2, -0.15) is 0 Å². The molecule has 0 aliphatic carbocycles. The Bertz CT molecular complexity index is 878. The van der Waals surface area contributed by atoms with Crippen LogP contribution in [-0.2, 0) is 0 Å². The molecule has 2 aromatic heterocycles. The summed E-state index contributed by atoms with van der Waals surface area (Å²) in [5.41, 5.74) is 5.76. The normalized spacial score (nSPS) is 21.4. The number of hydrogen-bond acceptors (Lipinski definition) is 5. The van der Waals surface area contributed by atoms with Gasteiger partial charge in [0, 0.05) is 50.7 Å². The Morgan fingerprint density at radius 1 is 1.19 bits per heavy atom. The zero-order chi connectivity index (χ0) is 18.8. The Hall–Kier alpha value is -1.82. The molecule has 4 rings (SSSR count). The number of hydrogen-bond donors (Lipinski definition) is 0. The Morgan fingerprint density at radius 3 is 2.85 bits per heavy atom. The maximum Gasteiger partial charge on any atom is 0.0815 e. The highest BCUT2D eigenvalue weighted by atomic mass is 32.1. The van der Waals surface area contributed by atoms with Gasteiger partial charge in [0.2, 0.25) is 0 Å². The number of aromatic nitrogens is 2. The summed E-state index contributed by atoms with van der Waals surface area (Å²) >= 11 is 1.71. The summed E-state index contributed by atoms with van der Waals surface area (Å²) in [6, 6.07) is 12.0. The molecule has 0 amide bonds. The molecule has 0 radical (unpaired) electrons. The van der Waals surface area contributed by atoms with Crippen LogP contribution in [-0.4, -0.2) is 52.0 Å². The van der Waals surface area contributed by atoms with Crippen LogP contribution in [0.3, 0.4) is 0 Å². The third-order valence-electron chi connectivity index (χ3n) is 5.94. The molecule has 1 saturated heterocycles. The van der Waals surface area contributed by atoms with E-state index in [4.69, 9.17) is 0 Å². The van der Waals surface area contributed by atoms with E-state index in [1.54, 1.807) is 11.3 Å². The molecule has 3 heterocycles. The lowest BCUT2D eigenvalue weighted by molar-refractivity contribution is 0.0567. The van der Waals surface area contributed by atoms with E-state index in [1.807, 2.05) is 24.0 Å². The van der Waals surface area contributed by atoms with E-state index in [1.165, 1.54) is 15.8 Å². The predicted molar refractivity (Wildman–Crippen MR) is 113 cm³/mol. The van der Waals surface area contributed by atoms with E-state index in [0.717, 1.165) is 31.7 Å². The van der Waals surface area contributed by atoms with Crippen molar-refractivity contribution in [3.63, 3.8) is 0 Å². The number of pyridine rings is 1. The SMILES string of the molecule is CC(CN1CCN(C(C)c2ccc3scnc3c2)CC1C)c1cccnc1. The second-order valence-electron chi connectivity index (χ2n) is 7.78. The molecule has 0 saturated carbocycles. The highest BCUT2D eigenvalue weighted by Crippen LogP contribution is 2.28. The molecule has 0 bridgehead atoms. The first kappa shape index (κ1) is 18.5. The van der Waals surface area contributed by atoms with Gasteiger partial charge in [0.1, 0.15) is 0 Å². The largest absolute Gasteiger partial charge is 0.298 e. The molecule has 4 nitrogen and oxygen atoms in total. The molecule has 27 heavy (non-hydrogen) atoms. The summed E-state index contributed by atoms with van der Waals surface area (Å²) in [5.74, 6) is 0.511. The molecule has 1 aliphatic rings. The van der Waals surface area contributed by atoms with Gasteiger partial charge in [-0.15, -0.1) is 11.3 Å². The number of rotatable bonds is 5. The van der Waals surface area contributed by atoms with Crippen molar-refractivity contribution in [1.29, 1.82) is 0 Å². The molecule has 142 valence electrons. The highest BCUT2D eigenvalue weighted by molar-refractivity contribution is 7.16. The van der Waals surface area contributed by atoms with E-state index in [-0.39, 0.29) is 0 Å². The van der Waals surface area contributed by atoms with E-state index >= 15 is 0 Å². The van der Waals surface area contributed by atoms with E-state index in [2.05, 4.69) is 64.8 Å². The molecule has 3 unspecified atom stereocenters. The zero-order valence-electron chi connectivity index (χ0n) is 16.4. The van der Waals surface area contributed by atoms with Crippen LogP contribution in [0.1, 0.15) is 43.9 Å². The number of piperazine rings is 1. The second-order valence-corrected chi connectivity index (χ2v) is 8.67. The second kappa shape index (κ2) is 8.05. The molecule has 3 atom stereocenters. The van der Waals surface area contributed by atoms with Gasteiger partial charge in [-0.25, -0.2) is 4.98 Å². The standard InChI is InChI=1S/C22H28N4S/c1-16(20-5-4-8-23-12-20)13-25-9-10-26(14-17(25)2)18(3)19-6-7-22-21(11-19)24-15-27-22/h4-8,11-12,15-18H,9-10,13-14H2,1-3H3. The fraction of sp³-hybridized carbons (Fsp3) is 0.455. The summed E-state index contributed by atoms with van der Waals surface area (Å²) < 4.78 is 1.27. The molecule has 0 spiro atoms. The van der Waals surface area contributed by atoms with Gasteiger partial charge in [-0.3, -0.25) is 14.8 Å². The first-order chi connectivity index (χ1) is 13.1. The fourth-order valence-corrected chi connectivity index (χ4v) is 4.78. The van der Waals surface area contributed by atoms with Crippen LogP contribution < -0.4 is 0 Å². The monoisotopic (exact) mass is 380 g/mol. The van der Waals surface area contributed by atoms with Crippen LogP contribution in [0.4, 0.5) is 0 Å². The Balaban J connectivity index is 1.39. The van der Waals surface area contributed by atoms with Crippen molar-refractivity contribution in [2.45, 2.75) is 38.8 Å². The zero-order valence-corrected chi connectivity index (χ0v) is 17.2. The lowest BCUT2D eigenvalue weighted by Crippen LogP contribution is -2.53. The quantitative estimate of drug-likeness (QED) is 0.649. The minimum absolute atomic E-state index is 0.427. The highest BCUT2D eigenvalue weighted by Gasteiger charge is 2.28. The molecule has 1 aliphatic heterocycles. The average molecular weight is 381 g/mol. The molecular formula is C22H28N4S. The summed E-state index contributed by atoms with van der Waals surface area (Å²) in [4.78, 5) is 14.0. The summed E-state index contributed by atoms with van der Waals surface area (Å²) in [7, 11) is 0. The lowest BCUT2D eigenvalue weighted by Gasteiger charge is -2.43. The van der Waals surface area contributed by atoms with Gasteiger partial charge in [-0.1, -0.05) is 19.1 Å². The van der Waals surface area contributed by atoms with Crippen LogP contribution in [0.25, 0.3) is 10.2 Å². The molecule has 1 fully saturated rings. The number of fused-ring (bicyclic) bond motifs is 1. The Kier molecular flexibility index (Phi) is 5.53. The van der Waals surface area contributed by atoms with Crippen molar-refractivity contribution >= 4 is 21.6 Å². The third-order valence-corrected chi connectivity index (χ3v) is 6.75. The maximum absolute atomic E-state index is 4.48. The van der Waals surface area contributed by atoms with Crippen LogP contribution in [0, 0.1) is 0 Å². The van der Waals surface area contributed by atoms with Crippen molar-refractivity contribution in [1.82, 2.24) is 19.8 Å².